The highest BCUT2D eigenvalue weighted by Gasteiger charge is 2.35. The van der Waals surface area contributed by atoms with E-state index in [4.69, 9.17) is 14.5 Å². The van der Waals surface area contributed by atoms with Crippen molar-refractivity contribution >= 4 is 29.1 Å². The fourth-order valence-electron chi connectivity index (χ4n) is 4.47. The molecule has 4 aromatic rings. The van der Waals surface area contributed by atoms with Gasteiger partial charge in [0, 0.05) is 5.56 Å². The largest absolute Gasteiger partial charge is 0.493 e. The van der Waals surface area contributed by atoms with Gasteiger partial charge >= 0.3 is 5.97 Å². The Hall–Kier alpha value is -4.23. The summed E-state index contributed by atoms with van der Waals surface area (Å²) in [5.41, 5.74) is 3.13. The summed E-state index contributed by atoms with van der Waals surface area (Å²) < 4.78 is 13.4. The van der Waals surface area contributed by atoms with E-state index < -0.39 is 12.0 Å². The first-order valence-corrected chi connectivity index (χ1v) is 13.8. The molecule has 0 bridgehead atoms. The summed E-state index contributed by atoms with van der Waals surface area (Å²) in [6.07, 6.45) is 1.86. The Balaban J connectivity index is 1.69. The van der Waals surface area contributed by atoms with Crippen LogP contribution in [0.3, 0.4) is 0 Å². The molecule has 2 heterocycles. The average Bonchev–Trinajstić information content (AvgIpc) is 3.27. The first-order chi connectivity index (χ1) is 19.0. The normalized spacial score (nSPS) is 15.2. The molecular formula is C32H30N2O4S. The van der Waals surface area contributed by atoms with Crippen molar-refractivity contribution in [1.82, 2.24) is 4.57 Å². The number of esters is 1. The quantitative estimate of drug-likeness (QED) is 0.297. The lowest BCUT2D eigenvalue weighted by molar-refractivity contribution is -0.138. The summed E-state index contributed by atoms with van der Waals surface area (Å²) >= 11 is 1.31. The van der Waals surface area contributed by atoms with Crippen LogP contribution >= 0.6 is 11.3 Å². The molecule has 0 N–H and O–H groups in total. The van der Waals surface area contributed by atoms with Gasteiger partial charge in [-0.1, -0.05) is 98.0 Å². The van der Waals surface area contributed by atoms with Crippen LogP contribution in [0, 0.1) is 5.92 Å². The lowest BCUT2D eigenvalue weighted by atomic mass is 9.93. The lowest BCUT2D eigenvalue weighted by Gasteiger charge is -2.25. The zero-order chi connectivity index (χ0) is 27.4. The van der Waals surface area contributed by atoms with Gasteiger partial charge in [0.25, 0.3) is 5.56 Å². The van der Waals surface area contributed by atoms with Crippen LogP contribution in [0.4, 0.5) is 0 Å². The number of rotatable bonds is 8. The van der Waals surface area contributed by atoms with Gasteiger partial charge in [-0.2, -0.15) is 0 Å². The molecule has 0 saturated carbocycles. The third-order valence-corrected chi connectivity index (χ3v) is 7.23. The number of carbonyl (C=O) groups is 1. The summed E-state index contributed by atoms with van der Waals surface area (Å²) in [6.45, 7) is 6.84. The van der Waals surface area contributed by atoms with Gasteiger partial charge in [0.05, 0.1) is 35.1 Å². The van der Waals surface area contributed by atoms with Crippen molar-refractivity contribution in [3.05, 3.63) is 127 Å². The molecule has 39 heavy (non-hydrogen) atoms. The van der Waals surface area contributed by atoms with Gasteiger partial charge in [0.2, 0.25) is 0 Å². The minimum atomic E-state index is -0.675. The van der Waals surface area contributed by atoms with E-state index in [1.807, 2.05) is 91.0 Å². The molecule has 7 heteroatoms. The van der Waals surface area contributed by atoms with Gasteiger partial charge in [0.15, 0.2) is 4.80 Å². The van der Waals surface area contributed by atoms with Crippen molar-refractivity contribution in [1.29, 1.82) is 0 Å². The third-order valence-electron chi connectivity index (χ3n) is 6.25. The highest BCUT2D eigenvalue weighted by Crippen LogP contribution is 2.35. The second-order valence-corrected chi connectivity index (χ2v) is 10.6. The zero-order valence-corrected chi connectivity index (χ0v) is 23.0. The fourth-order valence-corrected chi connectivity index (χ4v) is 5.47. The molecule has 0 unspecified atom stereocenters. The second kappa shape index (κ2) is 11.7. The minimum absolute atomic E-state index is 0.207. The van der Waals surface area contributed by atoms with Crippen LogP contribution in [-0.4, -0.2) is 23.8 Å². The van der Waals surface area contributed by atoms with E-state index in [1.54, 1.807) is 11.5 Å². The van der Waals surface area contributed by atoms with Crippen LogP contribution in [0.1, 0.15) is 43.5 Å². The van der Waals surface area contributed by atoms with Crippen molar-refractivity contribution < 1.29 is 14.3 Å². The Morgan fingerprint density at radius 2 is 1.67 bits per heavy atom. The molecule has 0 saturated heterocycles. The molecule has 1 atom stereocenters. The highest BCUT2D eigenvalue weighted by molar-refractivity contribution is 7.07. The van der Waals surface area contributed by atoms with Gasteiger partial charge in [-0.3, -0.25) is 9.36 Å². The van der Waals surface area contributed by atoms with Crippen LogP contribution in [0.2, 0.25) is 0 Å². The van der Waals surface area contributed by atoms with E-state index in [0.29, 0.717) is 33.1 Å². The van der Waals surface area contributed by atoms with Gasteiger partial charge in [-0.05, 0) is 42.2 Å². The first-order valence-electron chi connectivity index (χ1n) is 13.0. The van der Waals surface area contributed by atoms with Crippen molar-refractivity contribution in [2.75, 3.05) is 13.2 Å². The molecule has 1 aromatic heterocycles. The maximum absolute atomic E-state index is 13.9. The molecule has 0 radical (unpaired) electrons. The smallest absolute Gasteiger partial charge is 0.338 e. The number of aromatic nitrogens is 1. The number of ether oxygens (including phenoxy) is 2. The molecular weight excluding hydrogens is 508 g/mol. The molecule has 0 spiro atoms. The maximum Gasteiger partial charge on any atom is 0.338 e. The van der Waals surface area contributed by atoms with E-state index in [9.17, 15) is 9.59 Å². The van der Waals surface area contributed by atoms with E-state index in [0.717, 1.165) is 22.4 Å². The van der Waals surface area contributed by atoms with Crippen LogP contribution in [0.5, 0.6) is 5.75 Å². The fraction of sp³-hybridized carbons (Fsp3) is 0.219. The van der Waals surface area contributed by atoms with Gasteiger partial charge in [-0.25, -0.2) is 9.79 Å². The Morgan fingerprint density at radius 1 is 1.00 bits per heavy atom. The molecule has 0 fully saturated rings. The summed E-state index contributed by atoms with van der Waals surface area (Å²) in [6, 6.07) is 26.1. The SMILES string of the molecule is CCOC(=O)C1=C(c2ccccc2)N=c2s/c(=C/c3ccc(OCC(C)C)cc3)c(=O)n2[C@H]1c1ccccc1. The molecule has 1 aliphatic heterocycles. The van der Waals surface area contributed by atoms with E-state index in [2.05, 4.69) is 13.8 Å². The maximum atomic E-state index is 13.9. The number of fused-ring (bicyclic) bond motifs is 1. The highest BCUT2D eigenvalue weighted by atomic mass is 32.1. The van der Waals surface area contributed by atoms with E-state index >= 15 is 0 Å². The van der Waals surface area contributed by atoms with Crippen LogP contribution < -0.4 is 19.6 Å². The predicted molar refractivity (Wildman–Crippen MR) is 154 cm³/mol. The van der Waals surface area contributed by atoms with E-state index in [1.165, 1.54) is 11.3 Å². The van der Waals surface area contributed by atoms with Gasteiger partial charge in [0.1, 0.15) is 5.75 Å². The Kier molecular flexibility index (Phi) is 7.89. The standard InChI is InChI=1S/C32H30N2O4S/c1-4-37-31(36)27-28(23-11-7-5-8-12-23)33-32-34(29(27)24-13-9-6-10-14-24)30(35)26(39-32)19-22-15-17-25(18-16-22)38-20-21(2)3/h5-19,21,29H,4,20H2,1-3H3/b26-19+/t29-/m0/s1. The summed E-state index contributed by atoms with van der Waals surface area (Å²) in [4.78, 5) is 32.7. The number of hydrogen-bond acceptors (Lipinski definition) is 6. The molecule has 0 amide bonds. The van der Waals surface area contributed by atoms with Gasteiger partial charge < -0.3 is 9.47 Å². The predicted octanol–water partition coefficient (Wildman–Crippen LogP) is 4.97. The number of carbonyl (C=O) groups excluding carboxylic acids is 1. The second-order valence-electron chi connectivity index (χ2n) is 9.62. The third kappa shape index (κ3) is 5.64. The lowest BCUT2D eigenvalue weighted by Crippen LogP contribution is -2.39. The summed E-state index contributed by atoms with van der Waals surface area (Å²) in [7, 11) is 0. The Morgan fingerprint density at radius 3 is 2.31 bits per heavy atom. The number of thiazole rings is 1. The van der Waals surface area contributed by atoms with Crippen molar-refractivity contribution in [2.24, 2.45) is 10.9 Å². The minimum Gasteiger partial charge on any atom is -0.493 e. The van der Waals surface area contributed by atoms with Crippen LogP contribution in [-0.2, 0) is 9.53 Å². The number of nitrogens with zero attached hydrogens (tertiary/aromatic N) is 2. The van der Waals surface area contributed by atoms with Crippen molar-refractivity contribution in [3.63, 3.8) is 0 Å². The van der Waals surface area contributed by atoms with Crippen LogP contribution in [0.15, 0.2) is 100 Å². The Bertz CT molecular complexity index is 1670. The monoisotopic (exact) mass is 538 g/mol. The molecule has 5 rings (SSSR count). The van der Waals surface area contributed by atoms with Gasteiger partial charge in [-0.15, -0.1) is 0 Å². The van der Waals surface area contributed by atoms with E-state index in [-0.39, 0.29) is 12.2 Å². The molecule has 6 nitrogen and oxygen atoms in total. The topological polar surface area (TPSA) is 69.9 Å². The molecule has 0 aliphatic carbocycles. The average molecular weight is 539 g/mol. The molecule has 3 aromatic carbocycles. The Labute approximate surface area is 231 Å². The van der Waals surface area contributed by atoms with Crippen LogP contribution in [0.25, 0.3) is 11.8 Å². The number of hydrogen-bond donors (Lipinski definition) is 0. The van der Waals surface area contributed by atoms with Crippen molar-refractivity contribution in [3.8, 4) is 5.75 Å². The zero-order valence-electron chi connectivity index (χ0n) is 22.2. The first kappa shape index (κ1) is 26.4. The molecule has 198 valence electrons. The summed E-state index contributed by atoms with van der Waals surface area (Å²) in [5.74, 6) is 0.738. The van der Waals surface area contributed by atoms with Crippen molar-refractivity contribution in [2.45, 2.75) is 26.8 Å². The number of benzene rings is 3. The summed E-state index contributed by atoms with van der Waals surface area (Å²) in [5, 5.41) is 0. The molecule has 1 aliphatic rings.